The summed E-state index contributed by atoms with van der Waals surface area (Å²) >= 11 is 0. The molecular formula is C14H11N5O2. The molecule has 0 unspecified atom stereocenters. The first-order chi connectivity index (χ1) is 9.94. The Kier molecular flexibility index (Phi) is 4.89. The molecule has 104 valence electrons. The third-order valence-electron chi connectivity index (χ3n) is 2.49. The van der Waals surface area contributed by atoms with Crippen molar-refractivity contribution in [3.05, 3.63) is 35.0 Å². The number of nitrogens with zero attached hydrogens (tertiary/aromatic N) is 4. The number of hydrogen-bond acceptors (Lipinski definition) is 6. The van der Waals surface area contributed by atoms with E-state index in [4.69, 9.17) is 15.8 Å². The quantitative estimate of drug-likeness (QED) is 0.636. The van der Waals surface area contributed by atoms with Crippen LogP contribution < -0.4 is 5.32 Å². The van der Waals surface area contributed by atoms with Crippen LogP contribution in [0.3, 0.4) is 0 Å². The monoisotopic (exact) mass is 281 g/mol. The number of benzene rings is 1. The van der Waals surface area contributed by atoms with E-state index in [-0.39, 0.29) is 22.6 Å². The number of nitrogens with one attached hydrogen (secondary N) is 1. The molecule has 0 spiro atoms. The highest BCUT2D eigenvalue weighted by Crippen LogP contribution is 2.23. The van der Waals surface area contributed by atoms with Crippen molar-refractivity contribution in [2.24, 2.45) is 0 Å². The number of rotatable bonds is 3. The second-order valence-corrected chi connectivity index (χ2v) is 4.14. The van der Waals surface area contributed by atoms with Crippen LogP contribution in [-0.4, -0.2) is 30.0 Å². The van der Waals surface area contributed by atoms with Crippen LogP contribution in [-0.2, 0) is 0 Å². The van der Waals surface area contributed by atoms with Crippen LogP contribution in [0.1, 0.15) is 10.4 Å². The van der Waals surface area contributed by atoms with Gasteiger partial charge in [-0.2, -0.15) is 15.8 Å². The predicted octanol–water partition coefficient (Wildman–Crippen LogP) is 1.33. The van der Waals surface area contributed by atoms with Crippen LogP contribution >= 0.6 is 0 Å². The molecule has 0 heterocycles. The summed E-state index contributed by atoms with van der Waals surface area (Å²) in [7, 11) is 3.07. The number of phenolic OH excluding ortho intramolecular Hbond substituents is 1. The molecule has 1 amide bonds. The van der Waals surface area contributed by atoms with Crippen molar-refractivity contribution < 1.29 is 9.90 Å². The van der Waals surface area contributed by atoms with Crippen LogP contribution in [0.25, 0.3) is 0 Å². The van der Waals surface area contributed by atoms with E-state index in [1.807, 2.05) is 0 Å². The standard InChI is InChI=1S/C14H11N5O2/c1-19(2)14(21)11-5-10(3-4-13(11)20)18-12(8-17)9(6-15)7-16/h3-5,18,20H,1-2H3. The highest BCUT2D eigenvalue weighted by Gasteiger charge is 2.15. The Hall–Kier alpha value is -3.50. The zero-order valence-corrected chi connectivity index (χ0v) is 11.4. The molecule has 0 atom stereocenters. The van der Waals surface area contributed by atoms with Gasteiger partial charge in [0.1, 0.15) is 29.7 Å². The SMILES string of the molecule is CN(C)C(=O)c1cc(NC(C#N)=C(C#N)C#N)ccc1O. The maximum atomic E-state index is 11.9. The van der Waals surface area contributed by atoms with Crippen molar-refractivity contribution in [1.82, 2.24) is 4.90 Å². The van der Waals surface area contributed by atoms with Gasteiger partial charge >= 0.3 is 0 Å². The Morgan fingerprint density at radius 1 is 1.19 bits per heavy atom. The lowest BCUT2D eigenvalue weighted by Gasteiger charge is -2.13. The molecule has 0 fully saturated rings. The summed E-state index contributed by atoms with van der Waals surface area (Å²) in [5.41, 5.74) is -0.254. The molecule has 7 nitrogen and oxygen atoms in total. The molecule has 7 heteroatoms. The first-order valence-corrected chi connectivity index (χ1v) is 5.70. The first kappa shape index (κ1) is 15.6. The number of carbonyl (C=O) groups excluding carboxylic acids is 1. The van der Waals surface area contributed by atoms with E-state index in [1.54, 1.807) is 18.2 Å². The maximum Gasteiger partial charge on any atom is 0.257 e. The number of hydrogen-bond donors (Lipinski definition) is 2. The van der Waals surface area contributed by atoms with Crippen molar-refractivity contribution in [3.8, 4) is 24.0 Å². The summed E-state index contributed by atoms with van der Waals surface area (Å²) in [6.45, 7) is 0. The summed E-state index contributed by atoms with van der Waals surface area (Å²) in [6.07, 6.45) is 0. The smallest absolute Gasteiger partial charge is 0.257 e. The van der Waals surface area contributed by atoms with Gasteiger partial charge in [-0.15, -0.1) is 0 Å². The first-order valence-electron chi connectivity index (χ1n) is 5.70. The molecule has 0 aliphatic carbocycles. The van der Waals surface area contributed by atoms with Crippen LogP contribution in [0.15, 0.2) is 29.5 Å². The van der Waals surface area contributed by atoms with E-state index in [1.165, 1.54) is 37.2 Å². The molecule has 1 rings (SSSR count). The molecule has 0 saturated heterocycles. The zero-order chi connectivity index (χ0) is 16.0. The van der Waals surface area contributed by atoms with Gasteiger partial charge in [0, 0.05) is 19.8 Å². The molecule has 0 saturated carbocycles. The largest absolute Gasteiger partial charge is 0.507 e. The third kappa shape index (κ3) is 3.50. The molecule has 0 bridgehead atoms. The van der Waals surface area contributed by atoms with E-state index >= 15 is 0 Å². The minimum absolute atomic E-state index is 0.0396. The molecule has 2 N–H and O–H groups in total. The molecule has 21 heavy (non-hydrogen) atoms. The van der Waals surface area contributed by atoms with Crippen LogP contribution in [0.2, 0.25) is 0 Å². The Morgan fingerprint density at radius 3 is 2.29 bits per heavy atom. The number of aromatic hydroxyl groups is 1. The van der Waals surface area contributed by atoms with Gasteiger partial charge in [-0.25, -0.2) is 0 Å². The van der Waals surface area contributed by atoms with Crippen LogP contribution in [0.4, 0.5) is 5.69 Å². The Bertz CT molecular complexity index is 713. The van der Waals surface area contributed by atoms with Gasteiger partial charge in [0.15, 0.2) is 5.57 Å². The molecule has 1 aromatic rings. The fraction of sp³-hybridized carbons (Fsp3) is 0.143. The lowest BCUT2D eigenvalue weighted by atomic mass is 10.1. The molecule has 0 aromatic heterocycles. The van der Waals surface area contributed by atoms with Gasteiger partial charge in [0.2, 0.25) is 0 Å². The van der Waals surface area contributed by atoms with Gasteiger partial charge in [0.05, 0.1) is 5.56 Å². The summed E-state index contributed by atoms with van der Waals surface area (Å²) in [5.74, 6) is -0.623. The summed E-state index contributed by atoms with van der Waals surface area (Å²) in [6, 6.07) is 8.94. The van der Waals surface area contributed by atoms with Gasteiger partial charge in [-0.05, 0) is 18.2 Å². The average Bonchev–Trinajstić information content (AvgIpc) is 2.48. The maximum absolute atomic E-state index is 11.9. The molecular weight excluding hydrogens is 270 g/mol. The third-order valence-corrected chi connectivity index (χ3v) is 2.49. The summed E-state index contributed by atoms with van der Waals surface area (Å²) < 4.78 is 0. The van der Waals surface area contributed by atoms with Crippen molar-refractivity contribution in [3.63, 3.8) is 0 Å². The van der Waals surface area contributed by atoms with E-state index in [0.29, 0.717) is 5.69 Å². The number of carbonyl (C=O) groups is 1. The van der Waals surface area contributed by atoms with Crippen molar-refractivity contribution >= 4 is 11.6 Å². The highest BCUT2D eigenvalue weighted by atomic mass is 16.3. The van der Waals surface area contributed by atoms with Gasteiger partial charge in [-0.3, -0.25) is 4.79 Å². The van der Waals surface area contributed by atoms with E-state index in [0.717, 1.165) is 0 Å². The highest BCUT2D eigenvalue weighted by molar-refractivity contribution is 5.97. The normalized spacial score (nSPS) is 8.71. The number of anilines is 1. The van der Waals surface area contributed by atoms with E-state index in [2.05, 4.69) is 5.32 Å². The second-order valence-electron chi connectivity index (χ2n) is 4.14. The topological polar surface area (TPSA) is 124 Å². The van der Waals surface area contributed by atoms with E-state index < -0.39 is 5.91 Å². The summed E-state index contributed by atoms with van der Waals surface area (Å²) in [5, 5.41) is 38.7. The Labute approximate surface area is 121 Å². The number of amides is 1. The Balaban J connectivity index is 3.25. The van der Waals surface area contributed by atoms with Gasteiger partial charge < -0.3 is 15.3 Å². The second kappa shape index (κ2) is 6.60. The minimum Gasteiger partial charge on any atom is -0.507 e. The fourth-order valence-electron chi connectivity index (χ4n) is 1.45. The predicted molar refractivity (Wildman–Crippen MR) is 73.6 cm³/mol. The number of nitriles is 3. The van der Waals surface area contributed by atoms with Crippen molar-refractivity contribution in [1.29, 1.82) is 15.8 Å². The molecule has 0 aliphatic heterocycles. The van der Waals surface area contributed by atoms with Crippen LogP contribution in [0, 0.1) is 34.0 Å². The zero-order valence-electron chi connectivity index (χ0n) is 11.4. The molecule has 0 aliphatic rings. The van der Waals surface area contributed by atoms with Crippen molar-refractivity contribution in [2.75, 3.05) is 19.4 Å². The Morgan fingerprint density at radius 2 is 1.81 bits per heavy atom. The van der Waals surface area contributed by atoms with E-state index in [9.17, 15) is 9.90 Å². The average molecular weight is 281 g/mol. The summed E-state index contributed by atoms with van der Waals surface area (Å²) in [4.78, 5) is 13.2. The van der Waals surface area contributed by atoms with Crippen molar-refractivity contribution in [2.45, 2.75) is 0 Å². The van der Waals surface area contributed by atoms with Gasteiger partial charge in [-0.1, -0.05) is 0 Å². The molecule has 1 aromatic carbocycles. The fourth-order valence-corrected chi connectivity index (χ4v) is 1.45. The van der Waals surface area contributed by atoms with Gasteiger partial charge in [0.25, 0.3) is 5.91 Å². The number of allylic oxidation sites excluding steroid dienone is 2. The van der Waals surface area contributed by atoms with Crippen LogP contribution in [0.5, 0.6) is 5.75 Å². The lowest BCUT2D eigenvalue weighted by molar-refractivity contribution is 0.0824. The lowest BCUT2D eigenvalue weighted by Crippen LogP contribution is -2.21. The number of phenols is 1. The minimum atomic E-state index is -0.417. The molecule has 0 radical (unpaired) electrons.